The van der Waals surface area contributed by atoms with Gasteiger partial charge in [0, 0.05) is 11.9 Å². The maximum atomic E-state index is 5.27. The zero-order valence-electron chi connectivity index (χ0n) is 16.7. The molecule has 1 rings (SSSR count). The van der Waals surface area contributed by atoms with E-state index in [1.807, 2.05) is 39.8 Å². The minimum atomic E-state index is -0.417. The fourth-order valence-electron chi connectivity index (χ4n) is 1.39. The zero-order chi connectivity index (χ0) is 19.4. The fraction of sp³-hybridized carbons (Fsp3) is 0.455. The SMILES string of the molecule is C#CC/C=C(\C=C)P(CS)c1ccccc1.CC.CC.CC(C)C. The van der Waals surface area contributed by atoms with Crippen molar-refractivity contribution in [2.24, 2.45) is 5.92 Å². The number of hydrogen-bond donors (Lipinski definition) is 1. The maximum Gasteiger partial charge on any atom is 0.0276 e. The summed E-state index contributed by atoms with van der Waals surface area (Å²) in [5, 5.41) is 2.53. The van der Waals surface area contributed by atoms with Crippen LogP contribution in [0.4, 0.5) is 0 Å². The van der Waals surface area contributed by atoms with Crippen LogP contribution in [0.15, 0.2) is 54.4 Å². The second-order valence-electron chi connectivity index (χ2n) is 4.88. The van der Waals surface area contributed by atoms with Crippen molar-refractivity contribution < 1.29 is 0 Å². The van der Waals surface area contributed by atoms with Crippen molar-refractivity contribution in [2.75, 3.05) is 5.49 Å². The molecular formula is C22H37PS. The first-order chi connectivity index (χ1) is 11.6. The fourth-order valence-corrected chi connectivity index (χ4v) is 4.06. The molecule has 0 nitrogen and oxygen atoms in total. The zero-order valence-corrected chi connectivity index (χ0v) is 18.5. The van der Waals surface area contributed by atoms with Gasteiger partial charge in [-0.2, -0.15) is 12.6 Å². The van der Waals surface area contributed by atoms with Crippen LogP contribution in [0.3, 0.4) is 0 Å². The average molecular weight is 365 g/mol. The van der Waals surface area contributed by atoms with Gasteiger partial charge in [0.1, 0.15) is 0 Å². The highest BCUT2D eigenvalue weighted by Crippen LogP contribution is 2.45. The lowest BCUT2D eigenvalue weighted by atomic mass is 10.3. The van der Waals surface area contributed by atoms with Crippen molar-refractivity contribution in [3.05, 3.63) is 54.4 Å². The molecule has 1 atom stereocenters. The van der Waals surface area contributed by atoms with Gasteiger partial charge in [0.25, 0.3) is 0 Å². The van der Waals surface area contributed by atoms with Gasteiger partial charge in [0.2, 0.25) is 0 Å². The Labute approximate surface area is 159 Å². The van der Waals surface area contributed by atoms with E-state index in [9.17, 15) is 0 Å². The minimum absolute atomic E-state index is 0.417. The van der Waals surface area contributed by atoms with Crippen molar-refractivity contribution >= 4 is 25.9 Å². The molecule has 0 saturated heterocycles. The van der Waals surface area contributed by atoms with Crippen molar-refractivity contribution in [1.29, 1.82) is 0 Å². The molecule has 136 valence electrons. The van der Waals surface area contributed by atoms with Gasteiger partial charge in [-0.3, -0.25) is 0 Å². The van der Waals surface area contributed by atoms with Gasteiger partial charge in [0.15, 0.2) is 0 Å². The molecule has 0 bridgehead atoms. The molecule has 24 heavy (non-hydrogen) atoms. The number of hydrogen-bond acceptors (Lipinski definition) is 1. The Balaban J connectivity index is -0.000000471. The molecule has 0 aliphatic rings. The van der Waals surface area contributed by atoms with E-state index in [-0.39, 0.29) is 0 Å². The van der Waals surface area contributed by atoms with Gasteiger partial charge >= 0.3 is 0 Å². The third kappa shape index (κ3) is 15.9. The Morgan fingerprint density at radius 3 is 1.96 bits per heavy atom. The summed E-state index contributed by atoms with van der Waals surface area (Å²) in [5.41, 5.74) is 0.821. The molecule has 1 aromatic carbocycles. The van der Waals surface area contributed by atoms with Crippen molar-refractivity contribution in [1.82, 2.24) is 0 Å². The van der Waals surface area contributed by atoms with E-state index in [0.717, 1.165) is 11.4 Å². The van der Waals surface area contributed by atoms with Crippen LogP contribution in [0, 0.1) is 18.3 Å². The van der Waals surface area contributed by atoms with Gasteiger partial charge < -0.3 is 0 Å². The van der Waals surface area contributed by atoms with Gasteiger partial charge in [-0.25, -0.2) is 0 Å². The summed E-state index contributed by atoms with van der Waals surface area (Å²) in [6.07, 6.45) is 9.89. The summed E-state index contributed by atoms with van der Waals surface area (Å²) >= 11 is 4.43. The van der Waals surface area contributed by atoms with E-state index in [4.69, 9.17) is 6.42 Å². The van der Waals surface area contributed by atoms with Crippen LogP contribution in [0.2, 0.25) is 0 Å². The molecule has 1 aromatic rings. The highest BCUT2D eigenvalue weighted by atomic mass is 32.1. The molecule has 0 heterocycles. The van der Waals surface area contributed by atoms with Crippen molar-refractivity contribution in [3.63, 3.8) is 0 Å². The molecule has 0 aliphatic carbocycles. The minimum Gasteiger partial charge on any atom is -0.174 e. The monoisotopic (exact) mass is 364 g/mol. The topological polar surface area (TPSA) is 0 Å². The first-order valence-electron chi connectivity index (χ1n) is 8.76. The normalized spacial score (nSPS) is 10.6. The maximum absolute atomic E-state index is 5.27. The molecule has 0 spiro atoms. The lowest BCUT2D eigenvalue weighted by molar-refractivity contribution is 0.737. The van der Waals surface area contributed by atoms with Gasteiger partial charge in [-0.1, -0.05) is 97.5 Å². The van der Waals surface area contributed by atoms with Crippen LogP contribution >= 0.6 is 20.6 Å². The highest BCUT2D eigenvalue weighted by Gasteiger charge is 2.11. The molecule has 0 saturated carbocycles. The number of terminal acetylenes is 1. The smallest absolute Gasteiger partial charge is 0.0276 e. The quantitative estimate of drug-likeness (QED) is 0.238. The summed E-state index contributed by atoms with van der Waals surface area (Å²) in [4.78, 5) is 0. The Morgan fingerprint density at radius 2 is 1.62 bits per heavy atom. The van der Waals surface area contributed by atoms with E-state index in [1.54, 1.807) is 0 Å². The molecule has 2 heteroatoms. The Morgan fingerprint density at radius 1 is 1.17 bits per heavy atom. The summed E-state index contributed by atoms with van der Waals surface area (Å²) < 4.78 is 0. The van der Waals surface area contributed by atoms with E-state index in [2.05, 4.69) is 76.2 Å². The number of allylic oxidation sites excluding steroid dienone is 3. The van der Waals surface area contributed by atoms with Crippen LogP contribution in [0.1, 0.15) is 54.9 Å². The predicted octanol–water partition coefficient (Wildman–Crippen LogP) is 7.49. The number of benzene rings is 1. The summed E-state index contributed by atoms with van der Waals surface area (Å²) in [6, 6.07) is 10.4. The predicted molar refractivity (Wildman–Crippen MR) is 122 cm³/mol. The van der Waals surface area contributed by atoms with E-state index in [1.165, 1.54) is 10.6 Å². The second-order valence-corrected chi connectivity index (χ2v) is 7.90. The molecule has 1 unspecified atom stereocenters. The molecule has 0 fully saturated rings. The van der Waals surface area contributed by atoms with E-state index >= 15 is 0 Å². The number of rotatable bonds is 5. The van der Waals surface area contributed by atoms with Crippen molar-refractivity contribution in [2.45, 2.75) is 54.9 Å². The summed E-state index contributed by atoms with van der Waals surface area (Å²) in [5.74, 6) is 3.46. The first-order valence-corrected chi connectivity index (χ1v) is 10.9. The standard InChI is InChI=1S/C14H15PS.C4H10.2C2H6/c1-3-5-9-13(4-2)15(12-16)14-10-7-6-8-11-14;1-4(2)3;2*1-2/h1,4,6-11,16H,2,5,12H2;4H,1-3H3;2*1-2H3/b13-9+;;;. The lowest BCUT2D eigenvalue weighted by Crippen LogP contribution is -2.01. The van der Waals surface area contributed by atoms with Crippen LogP contribution in [-0.2, 0) is 0 Å². The van der Waals surface area contributed by atoms with Crippen LogP contribution in [0.25, 0.3) is 0 Å². The Kier molecular flexibility index (Phi) is 25.6. The lowest BCUT2D eigenvalue weighted by Gasteiger charge is -2.16. The molecular weight excluding hydrogens is 327 g/mol. The third-order valence-corrected chi connectivity index (χ3v) is 5.20. The Bertz CT molecular complexity index is 438. The van der Waals surface area contributed by atoms with Crippen molar-refractivity contribution in [3.8, 4) is 12.3 Å². The molecule has 0 radical (unpaired) electrons. The third-order valence-electron chi connectivity index (χ3n) is 2.16. The van der Waals surface area contributed by atoms with E-state index < -0.39 is 7.92 Å². The van der Waals surface area contributed by atoms with Gasteiger partial charge in [-0.05, 0) is 24.5 Å². The molecule has 0 amide bonds. The molecule has 0 N–H and O–H groups in total. The average Bonchev–Trinajstić information content (AvgIpc) is 2.62. The summed E-state index contributed by atoms with van der Waals surface area (Å²) in [7, 11) is -0.417. The van der Waals surface area contributed by atoms with Crippen LogP contribution < -0.4 is 5.30 Å². The highest BCUT2D eigenvalue weighted by molar-refractivity contribution is 7.92. The number of thiol groups is 1. The van der Waals surface area contributed by atoms with Crippen LogP contribution in [0.5, 0.6) is 0 Å². The van der Waals surface area contributed by atoms with Gasteiger partial charge in [-0.15, -0.1) is 12.3 Å². The first kappa shape index (κ1) is 27.9. The molecule has 0 aliphatic heterocycles. The van der Waals surface area contributed by atoms with E-state index in [0.29, 0.717) is 6.42 Å². The second kappa shape index (κ2) is 22.0. The largest absolute Gasteiger partial charge is 0.174 e. The molecule has 0 aromatic heterocycles. The summed E-state index contributed by atoms with van der Waals surface area (Å²) in [6.45, 7) is 18.4. The van der Waals surface area contributed by atoms with Gasteiger partial charge in [0.05, 0.1) is 0 Å². The van der Waals surface area contributed by atoms with Crippen LogP contribution in [-0.4, -0.2) is 5.49 Å². The Hall–Kier alpha value is -0.960.